The molecule has 1 aliphatic heterocycles. The molecule has 1 aromatic rings. The number of hydrogen-bond donors (Lipinski definition) is 0. The normalized spacial score (nSPS) is 16.3. The number of carbonyl (C=O) groups is 2. The Bertz CT molecular complexity index is 552. The van der Waals surface area contributed by atoms with Crippen LogP contribution in [0.2, 0.25) is 0 Å². The van der Waals surface area contributed by atoms with Gasteiger partial charge < -0.3 is 4.90 Å². The van der Waals surface area contributed by atoms with E-state index < -0.39 is 0 Å². The Hall–Kier alpha value is -1.47. The Morgan fingerprint density at radius 2 is 1.96 bits per heavy atom. The first-order valence-electron chi connectivity index (χ1n) is 8.10. The van der Waals surface area contributed by atoms with Crippen LogP contribution in [0, 0.1) is 0 Å². The lowest BCUT2D eigenvalue weighted by molar-refractivity contribution is -0.130. The molecule has 0 bridgehead atoms. The average molecular weight is 338 g/mol. The molecule has 0 atom stereocenters. The lowest BCUT2D eigenvalue weighted by Crippen LogP contribution is -2.44. The standard InChI is InChI=1S/C16H26N4O2S/c1-5-20(13(3)22)16-17-14(11-23-16)10-19-8-6-15(7-9-19)18(4)12(2)21/h11,15H,5-10H2,1-4H3. The number of aromatic nitrogens is 1. The third-order valence-electron chi connectivity index (χ3n) is 4.45. The van der Waals surface area contributed by atoms with Gasteiger partial charge in [-0.05, 0) is 19.8 Å². The second-order valence-electron chi connectivity index (χ2n) is 6.02. The van der Waals surface area contributed by atoms with E-state index >= 15 is 0 Å². The van der Waals surface area contributed by atoms with E-state index in [9.17, 15) is 9.59 Å². The molecule has 7 heteroatoms. The fourth-order valence-corrected chi connectivity index (χ4v) is 3.86. The molecule has 1 aliphatic rings. The van der Waals surface area contributed by atoms with Crippen LogP contribution in [0.5, 0.6) is 0 Å². The summed E-state index contributed by atoms with van der Waals surface area (Å²) < 4.78 is 0. The van der Waals surface area contributed by atoms with Crippen molar-refractivity contribution < 1.29 is 9.59 Å². The van der Waals surface area contributed by atoms with E-state index in [4.69, 9.17) is 0 Å². The number of hydrogen-bond acceptors (Lipinski definition) is 5. The zero-order chi connectivity index (χ0) is 17.0. The maximum absolute atomic E-state index is 11.6. The number of thiazole rings is 1. The number of nitrogens with zero attached hydrogens (tertiary/aromatic N) is 4. The van der Waals surface area contributed by atoms with Crippen molar-refractivity contribution in [1.29, 1.82) is 0 Å². The topological polar surface area (TPSA) is 56.8 Å². The van der Waals surface area contributed by atoms with E-state index in [1.54, 1.807) is 18.7 Å². The number of rotatable bonds is 5. The largest absolute Gasteiger partial charge is 0.343 e. The maximum Gasteiger partial charge on any atom is 0.225 e. The quantitative estimate of drug-likeness (QED) is 0.823. The molecule has 1 aromatic heterocycles. The molecule has 128 valence electrons. The molecule has 2 rings (SSSR count). The van der Waals surface area contributed by atoms with Crippen LogP contribution < -0.4 is 4.90 Å². The predicted molar refractivity (Wildman–Crippen MR) is 92.6 cm³/mol. The molecule has 0 spiro atoms. The highest BCUT2D eigenvalue weighted by atomic mass is 32.1. The lowest BCUT2D eigenvalue weighted by atomic mass is 10.0. The van der Waals surface area contributed by atoms with Crippen LogP contribution in [0.1, 0.15) is 39.3 Å². The molecule has 1 fully saturated rings. The van der Waals surface area contributed by atoms with Crippen LogP contribution in [-0.4, -0.2) is 59.3 Å². The molecule has 2 amide bonds. The van der Waals surface area contributed by atoms with Crippen LogP contribution in [0.15, 0.2) is 5.38 Å². The molecule has 0 aromatic carbocycles. The smallest absolute Gasteiger partial charge is 0.225 e. The molecule has 0 unspecified atom stereocenters. The van der Waals surface area contributed by atoms with Crippen molar-refractivity contribution in [2.75, 3.05) is 31.6 Å². The van der Waals surface area contributed by atoms with Crippen LogP contribution in [0.25, 0.3) is 0 Å². The van der Waals surface area contributed by atoms with Gasteiger partial charge in [0, 0.05) is 58.5 Å². The first-order chi connectivity index (χ1) is 10.9. The summed E-state index contributed by atoms with van der Waals surface area (Å²) in [6.45, 7) is 8.55. The van der Waals surface area contributed by atoms with E-state index in [1.807, 2.05) is 24.3 Å². The van der Waals surface area contributed by atoms with Gasteiger partial charge >= 0.3 is 0 Å². The molecular formula is C16H26N4O2S. The lowest BCUT2D eigenvalue weighted by Gasteiger charge is -2.36. The molecular weight excluding hydrogens is 312 g/mol. The van der Waals surface area contributed by atoms with E-state index in [0.29, 0.717) is 12.6 Å². The minimum atomic E-state index is 0.0292. The van der Waals surface area contributed by atoms with Gasteiger partial charge in [0.25, 0.3) is 0 Å². The second-order valence-corrected chi connectivity index (χ2v) is 6.86. The summed E-state index contributed by atoms with van der Waals surface area (Å²) >= 11 is 1.52. The van der Waals surface area contributed by atoms with Gasteiger partial charge in [-0.2, -0.15) is 0 Å². The third-order valence-corrected chi connectivity index (χ3v) is 5.37. The first kappa shape index (κ1) is 17.9. The highest BCUT2D eigenvalue weighted by Crippen LogP contribution is 2.23. The van der Waals surface area contributed by atoms with E-state index in [1.165, 1.54) is 11.3 Å². The highest BCUT2D eigenvalue weighted by molar-refractivity contribution is 7.14. The predicted octanol–water partition coefficient (Wildman–Crippen LogP) is 1.96. The minimum Gasteiger partial charge on any atom is -0.343 e. The molecule has 6 nitrogen and oxygen atoms in total. The van der Waals surface area contributed by atoms with Gasteiger partial charge in [-0.1, -0.05) is 0 Å². The Morgan fingerprint density at radius 3 is 2.48 bits per heavy atom. The van der Waals surface area contributed by atoms with Crippen molar-refractivity contribution in [2.24, 2.45) is 0 Å². The fraction of sp³-hybridized carbons (Fsp3) is 0.688. The van der Waals surface area contributed by atoms with Crippen LogP contribution in [0.4, 0.5) is 5.13 Å². The third kappa shape index (κ3) is 4.51. The Balaban J connectivity index is 1.89. The van der Waals surface area contributed by atoms with Gasteiger partial charge in [-0.25, -0.2) is 4.98 Å². The van der Waals surface area contributed by atoms with Crippen molar-refractivity contribution in [3.63, 3.8) is 0 Å². The summed E-state index contributed by atoms with van der Waals surface area (Å²) in [6.07, 6.45) is 2.00. The summed E-state index contributed by atoms with van der Waals surface area (Å²) in [4.78, 5) is 33.5. The van der Waals surface area contributed by atoms with Gasteiger partial charge in [-0.15, -0.1) is 11.3 Å². The molecule has 2 heterocycles. The van der Waals surface area contributed by atoms with Gasteiger partial charge in [0.1, 0.15) is 0 Å². The van der Waals surface area contributed by atoms with Crippen LogP contribution >= 0.6 is 11.3 Å². The van der Waals surface area contributed by atoms with E-state index in [2.05, 4.69) is 9.88 Å². The Kier molecular flexibility index (Phi) is 6.12. The summed E-state index contributed by atoms with van der Waals surface area (Å²) in [5.41, 5.74) is 1.02. The van der Waals surface area contributed by atoms with E-state index in [-0.39, 0.29) is 11.8 Å². The SMILES string of the molecule is CCN(C(C)=O)c1nc(CN2CCC(N(C)C(C)=O)CC2)cs1. The minimum absolute atomic E-state index is 0.0292. The summed E-state index contributed by atoms with van der Waals surface area (Å²) in [7, 11) is 1.89. The van der Waals surface area contributed by atoms with Gasteiger partial charge in [0.2, 0.25) is 11.8 Å². The van der Waals surface area contributed by atoms with E-state index in [0.717, 1.165) is 43.3 Å². The molecule has 1 saturated heterocycles. The van der Waals surface area contributed by atoms with Crippen LogP contribution in [0.3, 0.4) is 0 Å². The average Bonchev–Trinajstić information content (AvgIpc) is 2.95. The number of anilines is 1. The first-order valence-corrected chi connectivity index (χ1v) is 8.98. The summed E-state index contributed by atoms with van der Waals surface area (Å²) in [5.74, 6) is 0.165. The monoisotopic (exact) mass is 338 g/mol. The van der Waals surface area contributed by atoms with Gasteiger partial charge in [0.05, 0.1) is 5.69 Å². The van der Waals surface area contributed by atoms with Crippen molar-refractivity contribution in [3.05, 3.63) is 11.1 Å². The number of carbonyl (C=O) groups excluding carboxylic acids is 2. The highest BCUT2D eigenvalue weighted by Gasteiger charge is 2.24. The molecule has 23 heavy (non-hydrogen) atoms. The van der Waals surface area contributed by atoms with Gasteiger partial charge in [0.15, 0.2) is 5.13 Å². The van der Waals surface area contributed by atoms with Crippen LogP contribution in [-0.2, 0) is 16.1 Å². The molecule has 0 aliphatic carbocycles. The number of piperidine rings is 1. The Labute approximate surface area is 142 Å². The number of amides is 2. The summed E-state index contributed by atoms with van der Waals surface area (Å²) in [6, 6.07) is 0.350. The second kappa shape index (κ2) is 7.88. The van der Waals surface area contributed by atoms with Crippen molar-refractivity contribution in [3.8, 4) is 0 Å². The maximum atomic E-state index is 11.6. The van der Waals surface area contributed by atoms with Crippen molar-refractivity contribution in [2.45, 2.75) is 46.2 Å². The molecule has 0 N–H and O–H groups in total. The van der Waals surface area contributed by atoms with Gasteiger partial charge in [-0.3, -0.25) is 19.4 Å². The van der Waals surface area contributed by atoms with Crippen molar-refractivity contribution >= 4 is 28.3 Å². The van der Waals surface area contributed by atoms with Crippen molar-refractivity contribution in [1.82, 2.24) is 14.8 Å². The zero-order valence-electron chi connectivity index (χ0n) is 14.4. The zero-order valence-corrected chi connectivity index (χ0v) is 15.2. The summed E-state index contributed by atoms with van der Waals surface area (Å²) in [5, 5.41) is 2.82. The number of likely N-dealkylation sites (tertiary alicyclic amines) is 1. The molecule has 0 radical (unpaired) electrons. The fourth-order valence-electron chi connectivity index (χ4n) is 2.94. The molecule has 0 saturated carbocycles. The Morgan fingerprint density at radius 1 is 1.30 bits per heavy atom.